The Bertz CT molecular complexity index is 317. The van der Waals surface area contributed by atoms with E-state index in [2.05, 4.69) is 27.6 Å². The fraction of sp³-hybridized carbons (Fsp3) is 0.750. The second-order valence-corrected chi connectivity index (χ2v) is 4.66. The number of nitrogens with two attached hydrogens (primary N) is 1. The van der Waals surface area contributed by atoms with Crippen molar-refractivity contribution in [3.8, 4) is 0 Å². The molecule has 0 amide bonds. The molecule has 16 heavy (non-hydrogen) atoms. The third kappa shape index (κ3) is 3.32. The summed E-state index contributed by atoms with van der Waals surface area (Å²) in [7, 11) is 0. The molecule has 1 aliphatic rings. The standard InChI is InChI=1S/C12H22N4/c1-2-15(7-11-3-4-11)8-12-9-16(6-5-13)10-14-12/h9-11H,2-8,13H2,1H3. The largest absolute Gasteiger partial charge is 0.336 e. The Hall–Kier alpha value is -0.870. The number of rotatable bonds is 7. The molecular weight excluding hydrogens is 200 g/mol. The average molecular weight is 222 g/mol. The Morgan fingerprint density at radius 2 is 2.38 bits per heavy atom. The highest BCUT2D eigenvalue weighted by atomic mass is 15.1. The molecule has 0 bridgehead atoms. The minimum absolute atomic E-state index is 0.676. The fourth-order valence-electron chi connectivity index (χ4n) is 1.96. The molecule has 1 aromatic heterocycles. The molecule has 2 rings (SSSR count). The zero-order chi connectivity index (χ0) is 11.4. The molecule has 4 nitrogen and oxygen atoms in total. The van der Waals surface area contributed by atoms with E-state index >= 15 is 0 Å². The Balaban J connectivity index is 1.84. The number of nitrogens with zero attached hydrogens (tertiary/aromatic N) is 3. The van der Waals surface area contributed by atoms with E-state index in [-0.39, 0.29) is 0 Å². The molecule has 0 aromatic carbocycles. The summed E-state index contributed by atoms with van der Waals surface area (Å²) in [5.74, 6) is 0.950. The number of imidazole rings is 1. The van der Waals surface area contributed by atoms with Gasteiger partial charge in [0.1, 0.15) is 0 Å². The molecule has 0 unspecified atom stereocenters. The Morgan fingerprint density at radius 1 is 1.56 bits per heavy atom. The Morgan fingerprint density at radius 3 is 3.00 bits per heavy atom. The summed E-state index contributed by atoms with van der Waals surface area (Å²) in [4.78, 5) is 6.89. The quantitative estimate of drug-likeness (QED) is 0.751. The first-order valence-corrected chi connectivity index (χ1v) is 6.25. The van der Waals surface area contributed by atoms with Gasteiger partial charge in [-0.25, -0.2) is 4.98 Å². The number of hydrogen-bond donors (Lipinski definition) is 1. The molecule has 2 N–H and O–H groups in total. The van der Waals surface area contributed by atoms with E-state index in [0.29, 0.717) is 6.54 Å². The van der Waals surface area contributed by atoms with Crippen molar-refractivity contribution in [2.75, 3.05) is 19.6 Å². The van der Waals surface area contributed by atoms with Crippen LogP contribution < -0.4 is 5.73 Å². The van der Waals surface area contributed by atoms with Crippen LogP contribution in [0.4, 0.5) is 0 Å². The van der Waals surface area contributed by atoms with Crippen LogP contribution in [0.1, 0.15) is 25.5 Å². The van der Waals surface area contributed by atoms with Crippen LogP contribution in [-0.2, 0) is 13.1 Å². The zero-order valence-electron chi connectivity index (χ0n) is 10.1. The summed E-state index contributed by atoms with van der Waals surface area (Å²) >= 11 is 0. The van der Waals surface area contributed by atoms with Crippen LogP contribution in [-0.4, -0.2) is 34.1 Å². The van der Waals surface area contributed by atoms with Crippen LogP contribution in [0.3, 0.4) is 0 Å². The smallest absolute Gasteiger partial charge is 0.0950 e. The van der Waals surface area contributed by atoms with Crippen molar-refractivity contribution >= 4 is 0 Å². The summed E-state index contributed by atoms with van der Waals surface area (Å²) in [5, 5.41) is 0. The highest BCUT2D eigenvalue weighted by molar-refractivity contribution is 4.97. The highest BCUT2D eigenvalue weighted by Crippen LogP contribution is 2.29. The topological polar surface area (TPSA) is 47.1 Å². The minimum atomic E-state index is 0.676. The monoisotopic (exact) mass is 222 g/mol. The van der Waals surface area contributed by atoms with Crippen molar-refractivity contribution in [2.24, 2.45) is 11.7 Å². The Labute approximate surface area is 97.4 Å². The minimum Gasteiger partial charge on any atom is -0.336 e. The van der Waals surface area contributed by atoms with Crippen LogP contribution in [0, 0.1) is 5.92 Å². The third-order valence-electron chi connectivity index (χ3n) is 3.12. The van der Waals surface area contributed by atoms with Crippen molar-refractivity contribution < 1.29 is 0 Å². The maximum Gasteiger partial charge on any atom is 0.0950 e. The fourth-order valence-corrected chi connectivity index (χ4v) is 1.96. The van der Waals surface area contributed by atoms with Gasteiger partial charge in [0, 0.05) is 32.4 Å². The Kier molecular flexibility index (Phi) is 3.96. The van der Waals surface area contributed by atoms with Crippen LogP contribution in [0.25, 0.3) is 0 Å². The molecule has 1 saturated carbocycles. The van der Waals surface area contributed by atoms with Gasteiger partial charge in [-0.15, -0.1) is 0 Å². The average Bonchev–Trinajstić information content (AvgIpc) is 2.99. The number of hydrogen-bond acceptors (Lipinski definition) is 3. The number of aromatic nitrogens is 2. The molecule has 0 aliphatic heterocycles. The van der Waals surface area contributed by atoms with Crippen molar-refractivity contribution in [1.82, 2.24) is 14.5 Å². The predicted molar refractivity (Wildman–Crippen MR) is 65.0 cm³/mol. The summed E-state index contributed by atoms with van der Waals surface area (Å²) in [6.07, 6.45) is 6.83. The SMILES string of the molecule is CCN(Cc1cn(CCN)cn1)CC1CC1. The van der Waals surface area contributed by atoms with Gasteiger partial charge in [-0.1, -0.05) is 6.92 Å². The van der Waals surface area contributed by atoms with E-state index in [1.54, 1.807) is 0 Å². The van der Waals surface area contributed by atoms with Crippen LogP contribution >= 0.6 is 0 Å². The van der Waals surface area contributed by atoms with Gasteiger partial charge in [0.2, 0.25) is 0 Å². The van der Waals surface area contributed by atoms with Gasteiger partial charge in [0.05, 0.1) is 12.0 Å². The van der Waals surface area contributed by atoms with Gasteiger partial charge in [-0.05, 0) is 25.3 Å². The van der Waals surface area contributed by atoms with Gasteiger partial charge < -0.3 is 10.3 Å². The molecular formula is C12H22N4. The molecule has 0 saturated heterocycles. The highest BCUT2D eigenvalue weighted by Gasteiger charge is 2.23. The molecule has 90 valence electrons. The summed E-state index contributed by atoms with van der Waals surface area (Å²) in [5.41, 5.74) is 6.68. The van der Waals surface area contributed by atoms with E-state index in [9.17, 15) is 0 Å². The lowest BCUT2D eigenvalue weighted by Crippen LogP contribution is -2.25. The van der Waals surface area contributed by atoms with E-state index in [0.717, 1.165) is 31.2 Å². The molecule has 0 radical (unpaired) electrons. The van der Waals surface area contributed by atoms with Crippen molar-refractivity contribution in [2.45, 2.75) is 32.9 Å². The first-order chi connectivity index (χ1) is 7.81. The molecule has 1 heterocycles. The van der Waals surface area contributed by atoms with E-state index in [1.165, 1.54) is 19.4 Å². The van der Waals surface area contributed by atoms with E-state index in [1.807, 2.05) is 6.33 Å². The van der Waals surface area contributed by atoms with Crippen molar-refractivity contribution in [3.63, 3.8) is 0 Å². The maximum atomic E-state index is 5.51. The van der Waals surface area contributed by atoms with Gasteiger partial charge in [0.25, 0.3) is 0 Å². The summed E-state index contributed by atoms with van der Waals surface area (Å²) in [6, 6.07) is 0. The van der Waals surface area contributed by atoms with Crippen molar-refractivity contribution in [3.05, 3.63) is 18.2 Å². The van der Waals surface area contributed by atoms with Crippen LogP contribution in [0.5, 0.6) is 0 Å². The van der Waals surface area contributed by atoms with Crippen molar-refractivity contribution in [1.29, 1.82) is 0 Å². The lowest BCUT2D eigenvalue weighted by atomic mass is 10.3. The molecule has 1 fully saturated rings. The molecule has 0 atom stereocenters. The van der Waals surface area contributed by atoms with Gasteiger partial charge in [-0.2, -0.15) is 0 Å². The summed E-state index contributed by atoms with van der Waals surface area (Å²) < 4.78 is 2.07. The molecule has 0 spiro atoms. The van der Waals surface area contributed by atoms with E-state index in [4.69, 9.17) is 5.73 Å². The first kappa shape index (κ1) is 11.6. The molecule has 1 aliphatic carbocycles. The lowest BCUT2D eigenvalue weighted by molar-refractivity contribution is 0.265. The second kappa shape index (κ2) is 5.46. The van der Waals surface area contributed by atoms with Crippen LogP contribution in [0.2, 0.25) is 0 Å². The lowest BCUT2D eigenvalue weighted by Gasteiger charge is -2.18. The van der Waals surface area contributed by atoms with Gasteiger partial charge >= 0.3 is 0 Å². The predicted octanol–water partition coefficient (Wildman–Crippen LogP) is 1.07. The second-order valence-electron chi connectivity index (χ2n) is 4.66. The first-order valence-electron chi connectivity index (χ1n) is 6.25. The third-order valence-corrected chi connectivity index (χ3v) is 3.12. The summed E-state index contributed by atoms with van der Waals surface area (Å²) in [6.45, 7) is 7.08. The van der Waals surface area contributed by atoms with E-state index < -0.39 is 0 Å². The zero-order valence-corrected chi connectivity index (χ0v) is 10.1. The van der Waals surface area contributed by atoms with Gasteiger partial charge in [-0.3, -0.25) is 4.90 Å². The molecule has 4 heteroatoms. The normalized spacial score (nSPS) is 15.9. The maximum absolute atomic E-state index is 5.51. The van der Waals surface area contributed by atoms with Gasteiger partial charge in [0.15, 0.2) is 0 Å². The molecule has 1 aromatic rings. The van der Waals surface area contributed by atoms with Crippen LogP contribution in [0.15, 0.2) is 12.5 Å².